The van der Waals surface area contributed by atoms with Crippen LogP contribution >= 0.6 is 0 Å². The van der Waals surface area contributed by atoms with E-state index in [1.165, 1.54) is 12.0 Å². The van der Waals surface area contributed by atoms with E-state index in [2.05, 4.69) is 4.98 Å². The first-order valence-corrected chi connectivity index (χ1v) is 7.83. The van der Waals surface area contributed by atoms with Crippen LogP contribution in [0, 0.1) is 0 Å². The van der Waals surface area contributed by atoms with Crippen LogP contribution in [0.5, 0.6) is 11.5 Å². The van der Waals surface area contributed by atoms with Gasteiger partial charge in [-0.25, -0.2) is 0 Å². The van der Waals surface area contributed by atoms with Crippen molar-refractivity contribution in [3.05, 3.63) is 84.2 Å². The maximum Gasteiger partial charge on any atom is 0.262 e. The minimum atomic E-state index is -0.274. The van der Waals surface area contributed by atoms with E-state index < -0.39 is 0 Å². The van der Waals surface area contributed by atoms with Crippen LogP contribution in [0.25, 0.3) is 0 Å². The first-order chi connectivity index (χ1) is 12.2. The van der Waals surface area contributed by atoms with Gasteiger partial charge in [0, 0.05) is 6.20 Å². The molecular weight excluding hydrogens is 316 g/mol. The van der Waals surface area contributed by atoms with Crippen molar-refractivity contribution in [2.24, 2.45) is 0 Å². The van der Waals surface area contributed by atoms with Crippen molar-refractivity contribution in [3.63, 3.8) is 0 Å². The first-order valence-electron chi connectivity index (χ1n) is 7.83. The second-order valence-electron chi connectivity index (χ2n) is 5.40. The summed E-state index contributed by atoms with van der Waals surface area (Å²) < 4.78 is 5.31. The number of hydrogen-bond donors (Lipinski definition) is 1. The Bertz CT molecular complexity index is 866. The van der Waals surface area contributed by atoms with E-state index in [0.29, 0.717) is 22.7 Å². The lowest BCUT2D eigenvalue weighted by atomic mass is 10.1. The standard InChI is InChI=1S/C20H18N2O3/c1-25-19-12-5-2-9-16(19)20(24)22(14-15-8-6-7-13-21-15)17-10-3-4-11-18(17)23/h2-13,23H,14H2,1H3. The van der Waals surface area contributed by atoms with Crippen molar-refractivity contribution in [1.82, 2.24) is 4.98 Å². The summed E-state index contributed by atoms with van der Waals surface area (Å²) in [5.41, 5.74) is 1.56. The predicted octanol–water partition coefficient (Wildman–Crippen LogP) is 3.64. The molecule has 0 bridgehead atoms. The van der Waals surface area contributed by atoms with Crippen LogP contribution in [0.2, 0.25) is 0 Å². The average Bonchev–Trinajstić information content (AvgIpc) is 2.67. The summed E-state index contributed by atoms with van der Waals surface area (Å²) in [7, 11) is 1.52. The van der Waals surface area contributed by atoms with Gasteiger partial charge in [-0.3, -0.25) is 14.7 Å². The summed E-state index contributed by atoms with van der Waals surface area (Å²) in [5.74, 6) is 0.236. The summed E-state index contributed by atoms with van der Waals surface area (Å²) in [4.78, 5) is 19.0. The third-order valence-electron chi connectivity index (χ3n) is 3.80. The first kappa shape index (κ1) is 16.5. The number of phenolic OH excluding ortho intramolecular Hbond substituents is 1. The van der Waals surface area contributed by atoms with Crippen molar-refractivity contribution in [1.29, 1.82) is 0 Å². The van der Waals surface area contributed by atoms with Gasteiger partial charge in [0.2, 0.25) is 0 Å². The summed E-state index contributed by atoms with van der Waals surface area (Å²) in [6.45, 7) is 0.231. The van der Waals surface area contributed by atoms with Crippen LogP contribution in [-0.4, -0.2) is 23.1 Å². The number of para-hydroxylation sites is 3. The molecule has 1 amide bonds. The topological polar surface area (TPSA) is 62.7 Å². The quantitative estimate of drug-likeness (QED) is 0.774. The number of pyridine rings is 1. The molecule has 0 aliphatic rings. The number of aromatic nitrogens is 1. The third kappa shape index (κ3) is 3.61. The van der Waals surface area contributed by atoms with E-state index in [9.17, 15) is 9.90 Å². The highest BCUT2D eigenvalue weighted by Gasteiger charge is 2.23. The number of nitrogens with zero attached hydrogens (tertiary/aromatic N) is 2. The molecule has 3 rings (SSSR count). The van der Waals surface area contributed by atoms with Crippen molar-refractivity contribution in [2.45, 2.75) is 6.54 Å². The van der Waals surface area contributed by atoms with Crippen molar-refractivity contribution in [2.75, 3.05) is 12.0 Å². The van der Waals surface area contributed by atoms with E-state index >= 15 is 0 Å². The zero-order valence-corrected chi connectivity index (χ0v) is 13.8. The Morgan fingerprint density at radius 1 is 1.04 bits per heavy atom. The molecule has 0 aliphatic heterocycles. The molecule has 2 aromatic carbocycles. The molecule has 0 saturated heterocycles. The fraction of sp³-hybridized carbons (Fsp3) is 0.100. The summed E-state index contributed by atoms with van der Waals surface area (Å²) in [6.07, 6.45) is 1.67. The van der Waals surface area contributed by atoms with Crippen LogP contribution in [0.3, 0.4) is 0 Å². The van der Waals surface area contributed by atoms with Crippen LogP contribution in [0.4, 0.5) is 5.69 Å². The Hall–Kier alpha value is -3.34. The lowest BCUT2D eigenvalue weighted by Gasteiger charge is -2.24. The molecule has 5 nitrogen and oxygen atoms in total. The van der Waals surface area contributed by atoms with Gasteiger partial charge < -0.3 is 9.84 Å². The number of carbonyl (C=O) groups is 1. The number of aromatic hydroxyl groups is 1. The Morgan fingerprint density at radius 3 is 2.48 bits per heavy atom. The zero-order chi connectivity index (χ0) is 17.6. The molecule has 3 aromatic rings. The van der Waals surface area contributed by atoms with Gasteiger partial charge in [-0.05, 0) is 36.4 Å². The Labute approximate surface area is 146 Å². The maximum atomic E-state index is 13.2. The van der Waals surface area contributed by atoms with Crippen LogP contribution in [-0.2, 0) is 6.54 Å². The molecule has 0 fully saturated rings. The van der Waals surface area contributed by atoms with E-state index in [4.69, 9.17) is 4.74 Å². The van der Waals surface area contributed by atoms with E-state index in [-0.39, 0.29) is 18.2 Å². The molecule has 126 valence electrons. The van der Waals surface area contributed by atoms with Gasteiger partial charge >= 0.3 is 0 Å². The number of ether oxygens (including phenoxy) is 1. The van der Waals surface area contributed by atoms with Gasteiger partial charge in [0.05, 0.1) is 30.6 Å². The molecule has 1 N–H and O–H groups in total. The molecule has 0 unspecified atom stereocenters. The largest absolute Gasteiger partial charge is 0.506 e. The molecule has 25 heavy (non-hydrogen) atoms. The highest BCUT2D eigenvalue weighted by molar-refractivity contribution is 6.08. The Balaban J connectivity index is 2.04. The zero-order valence-electron chi connectivity index (χ0n) is 13.8. The van der Waals surface area contributed by atoms with Crippen LogP contribution < -0.4 is 9.64 Å². The molecule has 5 heteroatoms. The second-order valence-corrected chi connectivity index (χ2v) is 5.40. The molecule has 1 heterocycles. The van der Waals surface area contributed by atoms with Crippen molar-refractivity contribution < 1.29 is 14.6 Å². The van der Waals surface area contributed by atoms with E-state index in [1.54, 1.807) is 54.7 Å². The van der Waals surface area contributed by atoms with Gasteiger partial charge in [-0.2, -0.15) is 0 Å². The van der Waals surface area contributed by atoms with Gasteiger partial charge in [-0.15, -0.1) is 0 Å². The highest BCUT2D eigenvalue weighted by atomic mass is 16.5. The number of carbonyl (C=O) groups excluding carboxylic acids is 1. The summed E-state index contributed by atoms with van der Waals surface area (Å²) in [5, 5.41) is 10.2. The van der Waals surface area contributed by atoms with E-state index in [0.717, 1.165) is 0 Å². The van der Waals surface area contributed by atoms with Crippen molar-refractivity contribution in [3.8, 4) is 11.5 Å². The molecule has 1 aromatic heterocycles. The van der Waals surface area contributed by atoms with Gasteiger partial charge in [0.15, 0.2) is 0 Å². The number of hydrogen-bond acceptors (Lipinski definition) is 4. The highest BCUT2D eigenvalue weighted by Crippen LogP contribution is 2.30. The van der Waals surface area contributed by atoms with Gasteiger partial charge in [0.25, 0.3) is 5.91 Å². The monoisotopic (exact) mass is 334 g/mol. The Morgan fingerprint density at radius 2 is 1.76 bits per heavy atom. The molecule has 0 atom stereocenters. The normalized spacial score (nSPS) is 10.3. The number of benzene rings is 2. The fourth-order valence-corrected chi connectivity index (χ4v) is 2.58. The third-order valence-corrected chi connectivity index (χ3v) is 3.80. The number of phenols is 1. The molecule has 0 radical (unpaired) electrons. The van der Waals surface area contributed by atoms with Crippen LogP contribution in [0.15, 0.2) is 72.9 Å². The lowest BCUT2D eigenvalue weighted by molar-refractivity contribution is 0.0981. The second kappa shape index (κ2) is 7.49. The number of methoxy groups -OCH3 is 1. The number of anilines is 1. The molecule has 0 aliphatic carbocycles. The average molecular weight is 334 g/mol. The predicted molar refractivity (Wildman–Crippen MR) is 95.9 cm³/mol. The maximum absolute atomic E-state index is 13.2. The number of rotatable bonds is 5. The summed E-state index contributed by atoms with van der Waals surface area (Å²) in [6, 6.07) is 19.3. The van der Waals surface area contributed by atoms with Crippen LogP contribution in [0.1, 0.15) is 16.1 Å². The Kier molecular flexibility index (Phi) is 4.95. The molecule has 0 spiro atoms. The fourth-order valence-electron chi connectivity index (χ4n) is 2.58. The minimum absolute atomic E-state index is 0.0293. The number of amides is 1. The van der Waals surface area contributed by atoms with Crippen molar-refractivity contribution >= 4 is 11.6 Å². The van der Waals surface area contributed by atoms with E-state index in [1.807, 2.05) is 18.2 Å². The molecule has 0 saturated carbocycles. The smallest absolute Gasteiger partial charge is 0.262 e. The molecular formula is C20H18N2O3. The summed E-state index contributed by atoms with van der Waals surface area (Å²) >= 11 is 0. The SMILES string of the molecule is COc1ccccc1C(=O)N(Cc1ccccn1)c1ccccc1O. The van der Waals surface area contributed by atoms with Gasteiger partial charge in [0.1, 0.15) is 11.5 Å². The van der Waals surface area contributed by atoms with Gasteiger partial charge in [-0.1, -0.05) is 30.3 Å². The minimum Gasteiger partial charge on any atom is -0.506 e. The lowest BCUT2D eigenvalue weighted by Crippen LogP contribution is -2.31.